The second-order valence-electron chi connectivity index (χ2n) is 6.42. The summed E-state index contributed by atoms with van der Waals surface area (Å²) in [6.07, 6.45) is 2.94. The first-order chi connectivity index (χ1) is 12.9. The van der Waals surface area contributed by atoms with Gasteiger partial charge in [0.05, 0.1) is 25.3 Å². The van der Waals surface area contributed by atoms with E-state index in [9.17, 15) is 0 Å². The minimum atomic E-state index is 0. The molecular formula is C20H30IN5O. The smallest absolute Gasteiger partial charge is 0.191 e. The van der Waals surface area contributed by atoms with E-state index < -0.39 is 0 Å². The van der Waals surface area contributed by atoms with Crippen molar-refractivity contribution >= 4 is 40.8 Å². The molecule has 0 bridgehead atoms. The number of aromatic nitrogens is 1. The van der Waals surface area contributed by atoms with Gasteiger partial charge in [-0.25, -0.2) is 4.99 Å². The van der Waals surface area contributed by atoms with Crippen molar-refractivity contribution in [2.45, 2.75) is 19.9 Å². The van der Waals surface area contributed by atoms with Crippen LogP contribution in [0.25, 0.3) is 10.9 Å². The van der Waals surface area contributed by atoms with E-state index in [0.29, 0.717) is 6.54 Å². The number of ether oxygens (including phenoxy) is 1. The van der Waals surface area contributed by atoms with Crippen molar-refractivity contribution in [1.29, 1.82) is 0 Å². The highest BCUT2D eigenvalue weighted by Crippen LogP contribution is 2.16. The number of para-hydroxylation sites is 1. The average Bonchev–Trinajstić information content (AvgIpc) is 2.70. The molecule has 0 spiro atoms. The molecule has 2 heterocycles. The van der Waals surface area contributed by atoms with Gasteiger partial charge in [0, 0.05) is 37.8 Å². The Kier molecular flexibility index (Phi) is 9.79. The topological polar surface area (TPSA) is 61.8 Å². The van der Waals surface area contributed by atoms with E-state index in [4.69, 9.17) is 9.73 Å². The number of guanidine groups is 1. The highest BCUT2D eigenvalue weighted by Gasteiger charge is 2.09. The second-order valence-corrected chi connectivity index (χ2v) is 6.42. The Hall–Kier alpha value is -1.45. The van der Waals surface area contributed by atoms with Crippen LogP contribution in [0, 0.1) is 0 Å². The van der Waals surface area contributed by atoms with Gasteiger partial charge in [0.2, 0.25) is 0 Å². The minimum absolute atomic E-state index is 0. The molecule has 0 amide bonds. The third-order valence-electron chi connectivity index (χ3n) is 4.52. The van der Waals surface area contributed by atoms with Crippen LogP contribution in [0.4, 0.5) is 0 Å². The van der Waals surface area contributed by atoms with Gasteiger partial charge in [-0.3, -0.25) is 9.88 Å². The van der Waals surface area contributed by atoms with Crippen molar-refractivity contribution in [3.8, 4) is 0 Å². The van der Waals surface area contributed by atoms with Crippen LogP contribution < -0.4 is 10.6 Å². The van der Waals surface area contributed by atoms with Crippen LogP contribution in [0.2, 0.25) is 0 Å². The molecule has 1 aromatic heterocycles. The third-order valence-corrected chi connectivity index (χ3v) is 4.52. The molecule has 2 aromatic rings. The van der Waals surface area contributed by atoms with Crippen molar-refractivity contribution in [2.24, 2.45) is 4.99 Å². The molecule has 6 nitrogen and oxygen atoms in total. The SMILES string of the molecule is CCNC(=NCc1cccc2cccnc12)NCCCN1CCOCC1.I. The molecule has 1 aromatic carbocycles. The fraction of sp³-hybridized carbons (Fsp3) is 0.500. The Labute approximate surface area is 178 Å². The van der Waals surface area contributed by atoms with Gasteiger partial charge in [0.15, 0.2) is 5.96 Å². The molecule has 0 unspecified atom stereocenters. The lowest BCUT2D eigenvalue weighted by Crippen LogP contribution is -2.40. The average molecular weight is 483 g/mol. The van der Waals surface area contributed by atoms with Crippen molar-refractivity contribution in [3.05, 3.63) is 42.1 Å². The van der Waals surface area contributed by atoms with Crippen molar-refractivity contribution in [2.75, 3.05) is 45.9 Å². The predicted molar refractivity (Wildman–Crippen MR) is 122 cm³/mol. The maximum atomic E-state index is 5.39. The summed E-state index contributed by atoms with van der Waals surface area (Å²) >= 11 is 0. The highest BCUT2D eigenvalue weighted by molar-refractivity contribution is 14.0. The third kappa shape index (κ3) is 6.90. The van der Waals surface area contributed by atoms with Gasteiger partial charge in [0.25, 0.3) is 0 Å². The fourth-order valence-corrected chi connectivity index (χ4v) is 3.14. The summed E-state index contributed by atoms with van der Waals surface area (Å²) < 4.78 is 5.39. The molecule has 0 aliphatic carbocycles. The summed E-state index contributed by atoms with van der Waals surface area (Å²) in [6.45, 7) is 9.37. The molecule has 1 aliphatic heterocycles. The molecule has 7 heteroatoms. The number of nitrogens with one attached hydrogen (secondary N) is 2. The van der Waals surface area contributed by atoms with Crippen molar-refractivity contribution < 1.29 is 4.74 Å². The van der Waals surface area contributed by atoms with Crippen molar-refractivity contribution in [3.63, 3.8) is 0 Å². The number of halogens is 1. The first kappa shape index (κ1) is 21.8. The molecule has 1 aliphatic rings. The van der Waals surface area contributed by atoms with Crippen LogP contribution >= 0.6 is 24.0 Å². The number of nitrogens with zero attached hydrogens (tertiary/aromatic N) is 3. The van der Waals surface area contributed by atoms with E-state index in [1.54, 1.807) is 0 Å². The number of hydrogen-bond donors (Lipinski definition) is 2. The molecular weight excluding hydrogens is 453 g/mol. The van der Waals surface area contributed by atoms with E-state index in [1.807, 2.05) is 12.3 Å². The molecule has 148 valence electrons. The molecule has 0 radical (unpaired) electrons. The minimum Gasteiger partial charge on any atom is -0.379 e. The van der Waals surface area contributed by atoms with Gasteiger partial charge in [-0.05, 0) is 31.5 Å². The Morgan fingerprint density at radius 2 is 2.00 bits per heavy atom. The quantitative estimate of drug-likeness (QED) is 0.275. The maximum absolute atomic E-state index is 5.39. The summed E-state index contributed by atoms with van der Waals surface area (Å²) in [5, 5.41) is 7.92. The van der Waals surface area contributed by atoms with Gasteiger partial charge >= 0.3 is 0 Å². The highest BCUT2D eigenvalue weighted by atomic mass is 127. The molecule has 0 atom stereocenters. The molecule has 3 rings (SSSR count). The predicted octanol–water partition coefficient (Wildman–Crippen LogP) is 2.63. The van der Waals surface area contributed by atoms with E-state index in [-0.39, 0.29) is 24.0 Å². The zero-order valence-corrected chi connectivity index (χ0v) is 18.3. The van der Waals surface area contributed by atoms with Crippen LogP contribution in [0.15, 0.2) is 41.5 Å². The van der Waals surface area contributed by atoms with Crippen LogP contribution in [-0.2, 0) is 11.3 Å². The first-order valence-electron chi connectivity index (χ1n) is 9.51. The van der Waals surface area contributed by atoms with Gasteiger partial charge in [-0.15, -0.1) is 24.0 Å². The Morgan fingerprint density at radius 3 is 2.81 bits per heavy atom. The number of benzene rings is 1. The van der Waals surface area contributed by atoms with Gasteiger partial charge in [-0.2, -0.15) is 0 Å². The molecule has 1 fully saturated rings. The molecule has 1 saturated heterocycles. The normalized spacial score (nSPS) is 15.4. The Morgan fingerprint density at radius 1 is 1.19 bits per heavy atom. The lowest BCUT2D eigenvalue weighted by atomic mass is 10.1. The van der Waals surface area contributed by atoms with Gasteiger partial charge in [-0.1, -0.05) is 24.3 Å². The number of fused-ring (bicyclic) bond motifs is 1. The van der Waals surface area contributed by atoms with E-state index in [1.165, 1.54) is 0 Å². The number of pyridine rings is 1. The molecule has 0 saturated carbocycles. The van der Waals surface area contributed by atoms with E-state index in [2.05, 4.69) is 51.7 Å². The summed E-state index contributed by atoms with van der Waals surface area (Å²) in [5.41, 5.74) is 2.18. The summed E-state index contributed by atoms with van der Waals surface area (Å²) in [7, 11) is 0. The lowest BCUT2D eigenvalue weighted by molar-refractivity contribution is 0.0376. The Bertz CT molecular complexity index is 713. The Balaban J connectivity index is 0.00000261. The monoisotopic (exact) mass is 483 g/mol. The summed E-state index contributed by atoms with van der Waals surface area (Å²) in [5.74, 6) is 0.863. The molecule has 27 heavy (non-hydrogen) atoms. The lowest BCUT2D eigenvalue weighted by Gasteiger charge is -2.26. The van der Waals surface area contributed by atoms with Crippen LogP contribution in [0.1, 0.15) is 18.9 Å². The van der Waals surface area contributed by atoms with E-state index in [0.717, 1.165) is 74.8 Å². The zero-order valence-electron chi connectivity index (χ0n) is 16.0. The van der Waals surface area contributed by atoms with Gasteiger partial charge < -0.3 is 15.4 Å². The summed E-state index contributed by atoms with van der Waals surface area (Å²) in [4.78, 5) is 11.7. The summed E-state index contributed by atoms with van der Waals surface area (Å²) in [6, 6.07) is 10.3. The van der Waals surface area contributed by atoms with Crippen LogP contribution in [-0.4, -0.2) is 61.8 Å². The van der Waals surface area contributed by atoms with Crippen LogP contribution in [0.5, 0.6) is 0 Å². The zero-order chi connectivity index (χ0) is 18.0. The van der Waals surface area contributed by atoms with Gasteiger partial charge in [0.1, 0.15) is 0 Å². The van der Waals surface area contributed by atoms with Crippen LogP contribution in [0.3, 0.4) is 0 Å². The van der Waals surface area contributed by atoms with Crippen molar-refractivity contribution in [1.82, 2.24) is 20.5 Å². The number of rotatable bonds is 7. The number of hydrogen-bond acceptors (Lipinski definition) is 4. The molecule has 2 N–H and O–H groups in total. The standard InChI is InChI=1S/C20H29N5O.HI/c1-2-21-20(23-10-5-11-25-12-14-26-15-13-25)24-16-18-7-3-6-17-8-4-9-22-19(17)18;/h3-4,6-9H,2,5,10-16H2,1H3,(H2,21,23,24);1H. The number of morpholine rings is 1. The fourth-order valence-electron chi connectivity index (χ4n) is 3.14. The number of aliphatic imine (C=N–C) groups is 1. The largest absolute Gasteiger partial charge is 0.379 e. The first-order valence-corrected chi connectivity index (χ1v) is 9.51. The second kappa shape index (κ2) is 12.1. The van der Waals surface area contributed by atoms with E-state index >= 15 is 0 Å². The maximum Gasteiger partial charge on any atom is 0.191 e.